The van der Waals surface area contributed by atoms with Crippen LogP contribution in [-0.2, 0) is 9.84 Å². The molecule has 1 saturated heterocycles. The standard InChI is InChI=1S/C12H26N2O3S/c1-3-13-12(2,11-15)5-4-6-14-7-9-18(16,17)10-8-14/h13,15H,3-11H2,1-2H3. The van der Waals surface area contributed by atoms with Crippen LogP contribution in [-0.4, -0.2) is 68.3 Å². The molecule has 0 saturated carbocycles. The van der Waals surface area contributed by atoms with Crippen LogP contribution in [0.25, 0.3) is 0 Å². The molecule has 0 bridgehead atoms. The summed E-state index contributed by atoms with van der Waals surface area (Å²) in [4.78, 5) is 2.20. The van der Waals surface area contributed by atoms with Gasteiger partial charge >= 0.3 is 0 Å². The molecule has 0 spiro atoms. The van der Waals surface area contributed by atoms with Crippen LogP contribution in [0.15, 0.2) is 0 Å². The molecule has 0 aromatic rings. The number of hydrogen-bond donors (Lipinski definition) is 2. The highest BCUT2D eigenvalue weighted by Crippen LogP contribution is 2.13. The van der Waals surface area contributed by atoms with Gasteiger partial charge in [-0.3, -0.25) is 0 Å². The monoisotopic (exact) mass is 278 g/mol. The molecule has 0 aliphatic carbocycles. The number of rotatable bonds is 7. The summed E-state index contributed by atoms with van der Waals surface area (Å²) in [6.07, 6.45) is 1.88. The molecule has 1 heterocycles. The highest BCUT2D eigenvalue weighted by Gasteiger charge is 2.24. The molecule has 5 nitrogen and oxygen atoms in total. The summed E-state index contributed by atoms with van der Waals surface area (Å²) in [7, 11) is -2.78. The van der Waals surface area contributed by atoms with E-state index in [0.29, 0.717) is 13.1 Å². The second-order valence-electron chi connectivity index (χ2n) is 5.35. The lowest BCUT2D eigenvalue weighted by Gasteiger charge is -2.31. The van der Waals surface area contributed by atoms with Gasteiger partial charge in [-0.15, -0.1) is 0 Å². The van der Waals surface area contributed by atoms with Crippen molar-refractivity contribution in [3.05, 3.63) is 0 Å². The minimum Gasteiger partial charge on any atom is -0.394 e. The van der Waals surface area contributed by atoms with Crippen LogP contribution < -0.4 is 5.32 Å². The summed E-state index contributed by atoms with van der Waals surface area (Å²) in [6.45, 7) is 7.25. The van der Waals surface area contributed by atoms with Gasteiger partial charge in [-0.2, -0.15) is 0 Å². The van der Waals surface area contributed by atoms with Gasteiger partial charge in [0.15, 0.2) is 9.84 Å². The Balaban J connectivity index is 2.26. The number of likely N-dealkylation sites (N-methyl/N-ethyl adjacent to an activating group) is 1. The van der Waals surface area contributed by atoms with Crippen LogP contribution in [0.5, 0.6) is 0 Å². The van der Waals surface area contributed by atoms with Crippen molar-refractivity contribution in [1.29, 1.82) is 0 Å². The summed E-state index contributed by atoms with van der Waals surface area (Å²) in [5.41, 5.74) is -0.212. The summed E-state index contributed by atoms with van der Waals surface area (Å²) in [5.74, 6) is 0.578. The molecule has 1 aliphatic heterocycles. The van der Waals surface area contributed by atoms with Crippen molar-refractivity contribution in [3.8, 4) is 0 Å². The third-order valence-electron chi connectivity index (χ3n) is 3.59. The zero-order chi connectivity index (χ0) is 13.6. The predicted octanol–water partition coefficient (Wildman–Crippen LogP) is -0.142. The van der Waals surface area contributed by atoms with E-state index < -0.39 is 9.84 Å². The average molecular weight is 278 g/mol. The number of sulfone groups is 1. The minimum atomic E-state index is -2.78. The van der Waals surface area contributed by atoms with E-state index in [0.717, 1.165) is 25.9 Å². The number of nitrogens with zero attached hydrogens (tertiary/aromatic N) is 1. The molecule has 108 valence electrons. The number of aliphatic hydroxyl groups is 1. The first-order valence-electron chi connectivity index (χ1n) is 6.69. The molecule has 6 heteroatoms. The fourth-order valence-electron chi connectivity index (χ4n) is 2.32. The fourth-order valence-corrected chi connectivity index (χ4v) is 3.59. The molecule has 0 aromatic heterocycles. The maximum Gasteiger partial charge on any atom is 0.152 e. The van der Waals surface area contributed by atoms with Crippen LogP contribution in [0.2, 0.25) is 0 Å². The second kappa shape index (κ2) is 6.84. The van der Waals surface area contributed by atoms with E-state index in [-0.39, 0.29) is 23.7 Å². The van der Waals surface area contributed by atoms with Crippen molar-refractivity contribution in [2.45, 2.75) is 32.2 Å². The van der Waals surface area contributed by atoms with Crippen LogP contribution in [0.4, 0.5) is 0 Å². The Kier molecular flexibility index (Phi) is 6.04. The van der Waals surface area contributed by atoms with E-state index in [1.54, 1.807) is 0 Å². The van der Waals surface area contributed by atoms with Crippen LogP contribution in [0.3, 0.4) is 0 Å². The van der Waals surface area contributed by atoms with E-state index in [4.69, 9.17) is 0 Å². The molecule has 0 amide bonds. The third-order valence-corrected chi connectivity index (χ3v) is 5.20. The lowest BCUT2D eigenvalue weighted by molar-refractivity contribution is 0.159. The van der Waals surface area contributed by atoms with Crippen LogP contribution >= 0.6 is 0 Å². The Hall–Kier alpha value is -0.170. The van der Waals surface area contributed by atoms with Crippen molar-refractivity contribution in [2.24, 2.45) is 0 Å². The molecule has 0 aromatic carbocycles. The SMILES string of the molecule is CCNC(C)(CO)CCCN1CCS(=O)(=O)CC1. The Morgan fingerprint density at radius 3 is 2.44 bits per heavy atom. The zero-order valence-corrected chi connectivity index (χ0v) is 12.3. The first-order valence-corrected chi connectivity index (χ1v) is 8.51. The molecule has 1 aliphatic rings. The highest BCUT2D eigenvalue weighted by atomic mass is 32.2. The third kappa shape index (κ3) is 5.22. The molecule has 1 unspecified atom stereocenters. The van der Waals surface area contributed by atoms with E-state index in [1.807, 2.05) is 13.8 Å². The minimum absolute atomic E-state index is 0.134. The van der Waals surface area contributed by atoms with E-state index in [9.17, 15) is 13.5 Å². The van der Waals surface area contributed by atoms with Crippen molar-refractivity contribution in [3.63, 3.8) is 0 Å². The van der Waals surface area contributed by atoms with Crippen molar-refractivity contribution in [1.82, 2.24) is 10.2 Å². The van der Waals surface area contributed by atoms with Gasteiger partial charge in [0.2, 0.25) is 0 Å². The topological polar surface area (TPSA) is 69.6 Å². The average Bonchev–Trinajstić information content (AvgIpc) is 2.32. The largest absolute Gasteiger partial charge is 0.394 e. The van der Waals surface area contributed by atoms with Crippen molar-refractivity contribution < 1.29 is 13.5 Å². The van der Waals surface area contributed by atoms with Crippen LogP contribution in [0, 0.1) is 0 Å². The fraction of sp³-hybridized carbons (Fsp3) is 1.00. The smallest absolute Gasteiger partial charge is 0.152 e. The lowest BCUT2D eigenvalue weighted by Crippen LogP contribution is -2.46. The normalized spacial score (nSPS) is 23.7. The van der Waals surface area contributed by atoms with Gasteiger partial charge in [-0.25, -0.2) is 8.42 Å². The van der Waals surface area contributed by atoms with Gasteiger partial charge in [0.25, 0.3) is 0 Å². The number of hydrogen-bond acceptors (Lipinski definition) is 5. The Bertz CT molecular complexity index is 331. The van der Waals surface area contributed by atoms with Gasteiger partial charge in [-0.05, 0) is 32.9 Å². The number of aliphatic hydroxyl groups excluding tert-OH is 1. The predicted molar refractivity (Wildman–Crippen MR) is 73.5 cm³/mol. The van der Waals surface area contributed by atoms with Gasteiger partial charge in [0.05, 0.1) is 18.1 Å². The van der Waals surface area contributed by atoms with Crippen LogP contribution in [0.1, 0.15) is 26.7 Å². The molecule has 1 atom stereocenters. The van der Waals surface area contributed by atoms with Crippen molar-refractivity contribution >= 4 is 9.84 Å². The molecule has 1 fully saturated rings. The first kappa shape index (κ1) is 15.9. The summed E-state index contributed by atoms with van der Waals surface area (Å²) in [5, 5.41) is 12.7. The lowest BCUT2D eigenvalue weighted by atomic mass is 9.96. The molecular formula is C12H26N2O3S. The number of nitrogens with one attached hydrogen (secondary N) is 1. The highest BCUT2D eigenvalue weighted by molar-refractivity contribution is 7.91. The van der Waals surface area contributed by atoms with Crippen molar-refractivity contribution in [2.75, 3.05) is 44.3 Å². The summed E-state index contributed by atoms with van der Waals surface area (Å²) < 4.78 is 22.6. The summed E-state index contributed by atoms with van der Waals surface area (Å²) >= 11 is 0. The van der Waals surface area contributed by atoms with Gasteiger partial charge < -0.3 is 15.3 Å². The maximum atomic E-state index is 11.3. The molecule has 2 N–H and O–H groups in total. The molecule has 18 heavy (non-hydrogen) atoms. The Morgan fingerprint density at radius 2 is 1.94 bits per heavy atom. The van der Waals surface area contributed by atoms with Gasteiger partial charge in [0.1, 0.15) is 0 Å². The molecule has 1 rings (SSSR count). The van der Waals surface area contributed by atoms with Gasteiger partial charge in [0, 0.05) is 18.6 Å². The summed E-state index contributed by atoms with van der Waals surface area (Å²) in [6, 6.07) is 0. The van der Waals surface area contributed by atoms with E-state index >= 15 is 0 Å². The zero-order valence-electron chi connectivity index (χ0n) is 11.5. The van der Waals surface area contributed by atoms with E-state index in [2.05, 4.69) is 10.2 Å². The van der Waals surface area contributed by atoms with E-state index in [1.165, 1.54) is 0 Å². The Labute approximate surface area is 110 Å². The van der Waals surface area contributed by atoms with Gasteiger partial charge in [-0.1, -0.05) is 6.92 Å². The first-order chi connectivity index (χ1) is 8.41. The maximum absolute atomic E-state index is 11.3. The quantitative estimate of drug-likeness (QED) is 0.678. The molecular weight excluding hydrogens is 252 g/mol. The second-order valence-corrected chi connectivity index (χ2v) is 7.65. The Morgan fingerprint density at radius 1 is 1.33 bits per heavy atom. The molecule has 0 radical (unpaired) electrons.